The first kappa shape index (κ1) is 15.7. The molecule has 0 fully saturated rings. The van der Waals surface area contributed by atoms with Crippen LogP contribution in [0.4, 0.5) is 0 Å². The molecule has 0 saturated heterocycles. The summed E-state index contributed by atoms with van der Waals surface area (Å²) in [6, 6.07) is 18.0. The molecule has 0 spiro atoms. The van der Waals surface area contributed by atoms with Crippen molar-refractivity contribution in [2.45, 2.75) is 12.8 Å². The van der Waals surface area contributed by atoms with Crippen LogP contribution in [0.25, 0.3) is 0 Å². The first-order chi connectivity index (χ1) is 11.7. The van der Waals surface area contributed by atoms with Crippen LogP contribution in [0.5, 0.6) is 0 Å². The van der Waals surface area contributed by atoms with Crippen LogP contribution in [-0.4, -0.2) is 11.8 Å². The Morgan fingerprint density at radius 1 is 0.750 bits per heavy atom. The number of rotatable bonds is 4. The number of amides is 2. The maximum absolute atomic E-state index is 12.3. The second-order valence-electron chi connectivity index (χ2n) is 5.47. The zero-order valence-corrected chi connectivity index (χ0v) is 13.2. The predicted molar refractivity (Wildman–Crippen MR) is 93.2 cm³/mol. The van der Waals surface area contributed by atoms with Gasteiger partial charge in [0.05, 0.1) is 5.70 Å². The van der Waals surface area contributed by atoms with Crippen molar-refractivity contribution >= 4 is 11.8 Å². The van der Waals surface area contributed by atoms with Crippen LogP contribution in [0.3, 0.4) is 0 Å². The van der Waals surface area contributed by atoms with Gasteiger partial charge in [0, 0.05) is 16.8 Å². The van der Waals surface area contributed by atoms with E-state index < -0.39 is 0 Å². The maximum Gasteiger partial charge on any atom is 0.255 e. The molecule has 0 atom stereocenters. The van der Waals surface area contributed by atoms with Gasteiger partial charge in [-0.15, -0.1) is 0 Å². The zero-order chi connectivity index (χ0) is 16.8. The van der Waals surface area contributed by atoms with Crippen molar-refractivity contribution in [2.75, 3.05) is 0 Å². The van der Waals surface area contributed by atoms with Crippen LogP contribution < -0.4 is 10.6 Å². The molecule has 1 aliphatic rings. The molecule has 0 unspecified atom stereocenters. The molecule has 24 heavy (non-hydrogen) atoms. The largest absolute Gasteiger partial charge is 0.324 e. The minimum atomic E-state index is -0.191. The molecule has 0 radical (unpaired) electrons. The number of allylic oxidation sites excluding steroid dienone is 3. The van der Waals surface area contributed by atoms with Crippen molar-refractivity contribution in [2.24, 2.45) is 0 Å². The van der Waals surface area contributed by atoms with Gasteiger partial charge in [0.2, 0.25) is 0 Å². The lowest BCUT2D eigenvalue weighted by Crippen LogP contribution is -2.30. The molecular formula is C20H18N2O2. The van der Waals surface area contributed by atoms with Crippen LogP contribution in [0.15, 0.2) is 84.2 Å². The predicted octanol–water partition coefficient (Wildman–Crippen LogP) is 3.41. The summed E-state index contributed by atoms with van der Waals surface area (Å²) in [6.07, 6.45) is 5.33. The fraction of sp³-hybridized carbons (Fsp3) is 0.100. The van der Waals surface area contributed by atoms with E-state index in [0.29, 0.717) is 23.2 Å². The molecule has 4 nitrogen and oxygen atoms in total. The van der Waals surface area contributed by atoms with Gasteiger partial charge in [-0.05, 0) is 43.2 Å². The monoisotopic (exact) mass is 318 g/mol. The Balaban J connectivity index is 1.77. The second kappa shape index (κ2) is 7.42. The number of hydrogen-bond acceptors (Lipinski definition) is 2. The molecule has 4 heteroatoms. The standard InChI is InChI=1S/C20H18N2O2/c23-19(15-9-3-1-4-10-15)21-17-13-7-8-14-18(17)22-20(24)16-11-5-2-6-12-16/h1-7,9-13H,8,14H2,(H,21,23)(H,22,24). The van der Waals surface area contributed by atoms with Crippen LogP contribution in [0, 0.1) is 0 Å². The lowest BCUT2D eigenvalue weighted by Gasteiger charge is -2.18. The molecule has 2 aromatic rings. The van der Waals surface area contributed by atoms with Crippen molar-refractivity contribution in [1.82, 2.24) is 10.6 Å². The second-order valence-corrected chi connectivity index (χ2v) is 5.47. The van der Waals surface area contributed by atoms with Crippen molar-refractivity contribution in [1.29, 1.82) is 0 Å². The minimum Gasteiger partial charge on any atom is -0.324 e. The van der Waals surface area contributed by atoms with E-state index in [1.54, 1.807) is 24.3 Å². The van der Waals surface area contributed by atoms with Crippen LogP contribution >= 0.6 is 0 Å². The van der Waals surface area contributed by atoms with E-state index in [9.17, 15) is 9.59 Å². The smallest absolute Gasteiger partial charge is 0.255 e. The van der Waals surface area contributed by atoms with Crippen molar-refractivity contribution < 1.29 is 9.59 Å². The van der Waals surface area contributed by atoms with E-state index in [-0.39, 0.29) is 11.8 Å². The van der Waals surface area contributed by atoms with Gasteiger partial charge >= 0.3 is 0 Å². The summed E-state index contributed by atoms with van der Waals surface area (Å²) < 4.78 is 0. The quantitative estimate of drug-likeness (QED) is 0.907. The fourth-order valence-electron chi connectivity index (χ4n) is 2.49. The lowest BCUT2D eigenvalue weighted by atomic mass is 10.1. The highest BCUT2D eigenvalue weighted by Gasteiger charge is 2.15. The van der Waals surface area contributed by atoms with Crippen molar-refractivity contribution in [3.63, 3.8) is 0 Å². The minimum absolute atomic E-state index is 0.174. The van der Waals surface area contributed by atoms with Gasteiger partial charge in [-0.25, -0.2) is 0 Å². The van der Waals surface area contributed by atoms with E-state index in [1.165, 1.54) is 0 Å². The number of benzene rings is 2. The average Bonchev–Trinajstić information content (AvgIpc) is 2.64. The highest BCUT2D eigenvalue weighted by molar-refractivity contribution is 5.97. The van der Waals surface area contributed by atoms with Gasteiger partial charge in [-0.1, -0.05) is 42.5 Å². The average molecular weight is 318 g/mol. The van der Waals surface area contributed by atoms with E-state index in [0.717, 1.165) is 12.1 Å². The molecule has 0 saturated carbocycles. The Morgan fingerprint density at radius 2 is 1.29 bits per heavy atom. The molecule has 1 aliphatic carbocycles. The molecular weight excluding hydrogens is 300 g/mol. The normalized spacial score (nSPS) is 13.5. The third-order valence-electron chi connectivity index (χ3n) is 3.76. The van der Waals surface area contributed by atoms with E-state index in [4.69, 9.17) is 0 Å². The summed E-state index contributed by atoms with van der Waals surface area (Å²) in [7, 11) is 0. The highest BCUT2D eigenvalue weighted by Crippen LogP contribution is 2.16. The van der Waals surface area contributed by atoms with E-state index in [1.807, 2.05) is 48.6 Å². The van der Waals surface area contributed by atoms with Gasteiger partial charge in [0.1, 0.15) is 0 Å². The van der Waals surface area contributed by atoms with E-state index >= 15 is 0 Å². The zero-order valence-electron chi connectivity index (χ0n) is 13.2. The third-order valence-corrected chi connectivity index (χ3v) is 3.76. The Hall–Kier alpha value is -3.14. The molecule has 3 rings (SSSR count). The van der Waals surface area contributed by atoms with Crippen molar-refractivity contribution in [3.8, 4) is 0 Å². The number of carbonyl (C=O) groups is 2. The fourth-order valence-corrected chi connectivity index (χ4v) is 2.49. The van der Waals surface area contributed by atoms with Gasteiger partial charge in [-0.2, -0.15) is 0 Å². The lowest BCUT2D eigenvalue weighted by molar-refractivity contribution is 0.0948. The number of hydrogen-bond donors (Lipinski definition) is 2. The molecule has 2 amide bonds. The first-order valence-corrected chi connectivity index (χ1v) is 7.86. The van der Waals surface area contributed by atoms with Gasteiger partial charge in [-0.3, -0.25) is 9.59 Å². The third kappa shape index (κ3) is 3.79. The highest BCUT2D eigenvalue weighted by atomic mass is 16.2. The summed E-state index contributed by atoms with van der Waals surface area (Å²) in [5.41, 5.74) is 2.54. The maximum atomic E-state index is 12.3. The van der Waals surface area contributed by atoms with Crippen LogP contribution in [0.1, 0.15) is 33.6 Å². The topological polar surface area (TPSA) is 58.2 Å². The number of nitrogens with one attached hydrogen (secondary N) is 2. The molecule has 2 N–H and O–H groups in total. The molecule has 0 bridgehead atoms. The van der Waals surface area contributed by atoms with Crippen LogP contribution in [-0.2, 0) is 0 Å². The van der Waals surface area contributed by atoms with Gasteiger partial charge < -0.3 is 10.6 Å². The number of carbonyl (C=O) groups excluding carboxylic acids is 2. The first-order valence-electron chi connectivity index (χ1n) is 7.86. The molecule has 2 aromatic carbocycles. The molecule has 0 aliphatic heterocycles. The Labute approximate surface area is 140 Å². The molecule has 120 valence electrons. The summed E-state index contributed by atoms with van der Waals surface area (Å²) in [5, 5.41) is 5.80. The van der Waals surface area contributed by atoms with Crippen molar-refractivity contribution in [3.05, 3.63) is 95.3 Å². The van der Waals surface area contributed by atoms with Gasteiger partial charge in [0.25, 0.3) is 11.8 Å². The van der Waals surface area contributed by atoms with Crippen LogP contribution in [0.2, 0.25) is 0 Å². The molecule has 0 heterocycles. The summed E-state index contributed by atoms with van der Waals surface area (Å²) in [4.78, 5) is 24.7. The Bertz CT molecular complexity index is 793. The Morgan fingerprint density at radius 3 is 1.88 bits per heavy atom. The Kier molecular flexibility index (Phi) is 4.87. The summed E-state index contributed by atoms with van der Waals surface area (Å²) in [6.45, 7) is 0. The van der Waals surface area contributed by atoms with Gasteiger partial charge in [0.15, 0.2) is 0 Å². The van der Waals surface area contributed by atoms with E-state index in [2.05, 4.69) is 10.6 Å². The molecule has 0 aromatic heterocycles. The summed E-state index contributed by atoms with van der Waals surface area (Å²) in [5.74, 6) is -0.365. The summed E-state index contributed by atoms with van der Waals surface area (Å²) >= 11 is 0. The SMILES string of the molecule is O=C(NC1=C(NC(=O)c2ccccc2)CCC=C1)c1ccccc1.